The summed E-state index contributed by atoms with van der Waals surface area (Å²) in [7, 11) is 0. The summed E-state index contributed by atoms with van der Waals surface area (Å²) in [5.74, 6) is 0.446. The first-order valence-electron chi connectivity index (χ1n) is 4.48. The van der Waals surface area contributed by atoms with E-state index in [9.17, 15) is 0 Å². The molecule has 0 radical (unpaired) electrons. The summed E-state index contributed by atoms with van der Waals surface area (Å²) in [6.07, 6.45) is -0.375. The van der Waals surface area contributed by atoms with Crippen molar-refractivity contribution in [2.24, 2.45) is 0 Å². The molecule has 82 valence electrons. The summed E-state index contributed by atoms with van der Waals surface area (Å²) in [6.45, 7) is 0.531. The molecule has 1 saturated heterocycles. The van der Waals surface area contributed by atoms with Crippen LogP contribution >= 0.6 is 39.1 Å². The van der Waals surface area contributed by atoms with E-state index in [1.165, 1.54) is 0 Å². The van der Waals surface area contributed by atoms with Gasteiger partial charge in [-0.25, -0.2) is 0 Å². The Kier molecular flexibility index (Phi) is 3.91. The summed E-state index contributed by atoms with van der Waals surface area (Å²) in [5, 5.41) is 0.678. The topological polar surface area (TPSA) is 18.5 Å². The molecule has 0 N–H and O–H groups in total. The zero-order chi connectivity index (χ0) is 10.8. The summed E-state index contributed by atoms with van der Waals surface area (Å²) in [5.41, 5.74) is 0.937. The van der Waals surface area contributed by atoms with E-state index >= 15 is 0 Å². The van der Waals surface area contributed by atoms with Gasteiger partial charge in [0.05, 0.1) is 18.6 Å². The quantitative estimate of drug-likeness (QED) is 0.774. The maximum atomic E-state index is 5.85. The Morgan fingerprint density at radius 3 is 2.87 bits per heavy atom. The van der Waals surface area contributed by atoms with Crippen LogP contribution in [-0.4, -0.2) is 18.6 Å². The van der Waals surface area contributed by atoms with Crippen LogP contribution in [0.3, 0.4) is 0 Å². The third-order valence-corrected chi connectivity index (χ3v) is 3.40. The number of ether oxygens (including phenoxy) is 2. The average Bonchev–Trinajstić information content (AvgIpc) is 2.66. The minimum absolute atomic E-state index is 0.0285. The first-order chi connectivity index (χ1) is 7.20. The Morgan fingerprint density at radius 2 is 2.27 bits per heavy atom. The highest BCUT2D eigenvalue weighted by Gasteiger charge is 2.27. The number of hydrogen-bond acceptors (Lipinski definition) is 2. The van der Waals surface area contributed by atoms with Crippen molar-refractivity contribution in [3.63, 3.8) is 0 Å². The highest BCUT2D eigenvalue weighted by molar-refractivity contribution is 9.10. The zero-order valence-electron chi connectivity index (χ0n) is 7.75. The molecule has 1 aliphatic rings. The van der Waals surface area contributed by atoms with Gasteiger partial charge in [0.25, 0.3) is 0 Å². The molecule has 0 bridgehead atoms. The van der Waals surface area contributed by atoms with Gasteiger partial charge in [-0.15, -0.1) is 11.6 Å². The first kappa shape index (κ1) is 11.7. The Labute approximate surface area is 107 Å². The van der Waals surface area contributed by atoms with E-state index in [0.29, 0.717) is 17.5 Å². The SMILES string of the molecule is ClCC1COC(c2ccc(Cl)cc2Br)O1. The third kappa shape index (κ3) is 2.66. The minimum Gasteiger partial charge on any atom is -0.346 e. The highest BCUT2D eigenvalue weighted by Crippen LogP contribution is 2.33. The number of hydrogen-bond donors (Lipinski definition) is 0. The Hall–Kier alpha value is 0.200. The Balaban J connectivity index is 2.17. The van der Waals surface area contributed by atoms with Crippen LogP contribution in [0.2, 0.25) is 5.02 Å². The van der Waals surface area contributed by atoms with Crippen LogP contribution in [0.15, 0.2) is 22.7 Å². The van der Waals surface area contributed by atoms with Crippen molar-refractivity contribution in [1.29, 1.82) is 0 Å². The second-order valence-electron chi connectivity index (χ2n) is 3.24. The van der Waals surface area contributed by atoms with E-state index < -0.39 is 0 Å². The van der Waals surface area contributed by atoms with Crippen LogP contribution in [0.1, 0.15) is 11.9 Å². The summed E-state index contributed by atoms with van der Waals surface area (Å²) < 4.78 is 12.0. The van der Waals surface area contributed by atoms with Gasteiger partial charge >= 0.3 is 0 Å². The van der Waals surface area contributed by atoms with Gasteiger partial charge in [0.15, 0.2) is 6.29 Å². The molecule has 0 aromatic heterocycles. The number of halogens is 3. The molecule has 0 aliphatic carbocycles. The lowest BCUT2D eigenvalue weighted by Crippen LogP contribution is -2.10. The number of benzene rings is 1. The molecule has 0 saturated carbocycles. The highest BCUT2D eigenvalue weighted by atomic mass is 79.9. The van der Waals surface area contributed by atoms with Gasteiger partial charge in [-0.1, -0.05) is 33.6 Å². The predicted octanol–water partition coefficient (Wildman–Crippen LogP) is 3.76. The summed E-state index contributed by atoms with van der Waals surface area (Å²) in [6, 6.07) is 5.51. The summed E-state index contributed by atoms with van der Waals surface area (Å²) >= 11 is 15.0. The van der Waals surface area contributed by atoms with Crippen molar-refractivity contribution in [2.75, 3.05) is 12.5 Å². The molecule has 1 aromatic carbocycles. The zero-order valence-corrected chi connectivity index (χ0v) is 10.8. The van der Waals surface area contributed by atoms with Gasteiger partial charge in [-0.3, -0.25) is 0 Å². The van der Waals surface area contributed by atoms with Crippen LogP contribution < -0.4 is 0 Å². The van der Waals surface area contributed by atoms with Gasteiger partial charge in [0, 0.05) is 15.1 Å². The number of alkyl halides is 1. The molecule has 2 unspecified atom stereocenters. The Morgan fingerprint density at radius 1 is 1.47 bits per heavy atom. The van der Waals surface area contributed by atoms with Crippen LogP contribution in [0, 0.1) is 0 Å². The summed E-state index contributed by atoms with van der Waals surface area (Å²) in [4.78, 5) is 0. The fraction of sp³-hybridized carbons (Fsp3) is 0.400. The molecule has 15 heavy (non-hydrogen) atoms. The lowest BCUT2D eigenvalue weighted by atomic mass is 10.2. The average molecular weight is 312 g/mol. The minimum atomic E-state index is -0.347. The van der Waals surface area contributed by atoms with E-state index in [-0.39, 0.29) is 12.4 Å². The van der Waals surface area contributed by atoms with Gasteiger partial charge in [-0.05, 0) is 12.1 Å². The van der Waals surface area contributed by atoms with Crippen molar-refractivity contribution in [1.82, 2.24) is 0 Å². The van der Waals surface area contributed by atoms with E-state index in [2.05, 4.69) is 15.9 Å². The molecule has 1 aromatic rings. The molecule has 0 amide bonds. The second-order valence-corrected chi connectivity index (χ2v) is 4.84. The molecule has 2 nitrogen and oxygen atoms in total. The monoisotopic (exact) mass is 310 g/mol. The standard InChI is InChI=1S/C10H9BrCl2O2/c11-9-3-6(13)1-2-8(9)10-14-5-7(4-12)15-10/h1-3,7,10H,4-5H2. The lowest BCUT2D eigenvalue weighted by molar-refractivity contribution is -0.0572. The van der Waals surface area contributed by atoms with Gasteiger partial charge in [0.1, 0.15) is 0 Å². The van der Waals surface area contributed by atoms with Crippen LogP contribution in [0.4, 0.5) is 0 Å². The fourth-order valence-electron chi connectivity index (χ4n) is 1.38. The third-order valence-electron chi connectivity index (χ3n) is 2.14. The van der Waals surface area contributed by atoms with Crippen molar-refractivity contribution in [3.8, 4) is 0 Å². The molecule has 1 heterocycles. The Bertz CT molecular complexity index is 359. The van der Waals surface area contributed by atoms with Crippen molar-refractivity contribution >= 4 is 39.1 Å². The maximum Gasteiger partial charge on any atom is 0.185 e. The van der Waals surface area contributed by atoms with E-state index in [4.69, 9.17) is 32.7 Å². The van der Waals surface area contributed by atoms with Crippen molar-refractivity contribution in [2.45, 2.75) is 12.4 Å². The maximum absolute atomic E-state index is 5.85. The molecule has 2 rings (SSSR count). The molecule has 0 spiro atoms. The van der Waals surface area contributed by atoms with Gasteiger partial charge in [-0.2, -0.15) is 0 Å². The second kappa shape index (κ2) is 5.02. The lowest BCUT2D eigenvalue weighted by Gasteiger charge is -2.12. The van der Waals surface area contributed by atoms with Crippen molar-refractivity contribution < 1.29 is 9.47 Å². The molecular weight excluding hydrogens is 303 g/mol. The first-order valence-corrected chi connectivity index (χ1v) is 6.19. The van der Waals surface area contributed by atoms with Crippen LogP contribution in [0.25, 0.3) is 0 Å². The fourth-order valence-corrected chi connectivity index (χ4v) is 2.42. The van der Waals surface area contributed by atoms with E-state index in [0.717, 1.165) is 10.0 Å². The predicted molar refractivity (Wildman–Crippen MR) is 63.4 cm³/mol. The molecule has 2 atom stereocenters. The molecule has 5 heteroatoms. The van der Waals surface area contributed by atoms with Gasteiger partial charge in [0.2, 0.25) is 0 Å². The smallest absolute Gasteiger partial charge is 0.185 e. The molecule has 1 fully saturated rings. The van der Waals surface area contributed by atoms with Crippen LogP contribution in [-0.2, 0) is 9.47 Å². The normalized spacial score (nSPS) is 25.8. The van der Waals surface area contributed by atoms with E-state index in [1.54, 1.807) is 0 Å². The van der Waals surface area contributed by atoms with E-state index in [1.807, 2.05) is 18.2 Å². The number of rotatable bonds is 2. The van der Waals surface area contributed by atoms with Crippen molar-refractivity contribution in [3.05, 3.63) is 33.3 Å². The van der Waals surface area contributed by atoms with Crippen LogP contribution in [0.5, 0.6) is 0 Å². The molecular formula is C10H9BrCl2O2. The van der Waals surface area contributed by atoms with Gasteiger partial charge < -0.3 is 9.47 Å². The largest absolute Gasteiger partial charge is 0.346 e. The molecule has 1 aliphatic heterocycles.